The van der Waals surface area contributed by atoms with Crippen LogP contribution in [0.4, 0.5) is 0 Å². The summed E-state index contributed by atoms with van der Waals surface area (Å²) in [5, 5.41) is 3.38. The van der Waals surface area contributed by atoms with Gasteiger partial charge in [0.1, 0.15) is 0 Å². The third-order valence-electron chi connectivity index (χ3n) is 2.10. The minimum atomic E-state index is -0.152. The van der Waals surface area contributed by atoms with Crippen molar-refractivity contribution in [2.75, 3.05) is 26.3 Å². The van der Waals surface area contributed by atoms with Gasteiger partial charge in [-0.25, -0.2) is 0 Å². The van der Waals surface area contributed by atoms with Gasteiger partial charge in [0.15, 0.2) is 0 Å². The zero-order valence-electron chi connectivity index (χ0n) is 10.1. The third-order valence-corrected chi connectivity index (χ3v) is 2.36. The van der Waals surface area contributed by atoms with E-state index in [2.05, 4.69) is 5.32 Å². The van der Waals surface area contributed by atoms with Crippen LogP contribution in [0.1, 0.15) is 5.56 Å². The van der Waals surface area contributed by atoms with E-state index in [1.165, 1.54) is 6.08 Å². The van der Waals surface area contributed by atoms with Crippen molar-refractivity contribution in [3.05, 3.63) is 40.9 Å². The van der Waals surface area contributed by atoms with Crippen molar-refractivity contribution >= 4 is 23.6 Å². The molecule has 0 heterocycles. The average molecular weight is 269 g/mol. The lowest BCUT2D eigenvalue weighted by molar-refractivity contribution is -0.116. The number of ether oxygens (including phenoxy) is 1. The fourth-order valence-electron chi connectivity index (χ4n) is 1.24. The highest BCUT2D eigenvalue weighted by Crippen LogP contribution is 2.10. The molecule has 0 saturated carbocycles. The highest BCUT2D eigenvalue weighted by molar-refractivity contribution is 6.30. The normalized spacial score (nSPS) is 10.8. The molecule has 0 aliphatic carbocycles. The van der Waals surface area contributed by atoms with E-state index in [9.17, 15) is 4.79 Å². The van der Waals surface area contributed by atoms with Crippen LogP contribution in [0.3, 0.4) is 0 Å². The Morgan fingerprint density at radius 2 is 2.06 bits per heavy atom. The van der Waals surface area contributed by atoms with Crippen molar-refractivity contribution in [1.29, 1.82) is 0 Å². The van der Waals surface area contributed by atoms with E-state index in [4.69, 9.17) is 22.1 Å². The standard InChI is InChI=1S/C13H17ClN2O2/c14-12-4-1-11(2-5-12)3-6-13(17)16-8-10-18-9-7-15/h1-6H,7-10,15H2,(H,16,17)/b6-3+. The lowest BCUT2D eigenvalue weighted by Gasteiger charge is -2.02. The molecular weight excluding hydrogens is 252 g/mol. The van der Waals surface area contributed by atoms with Gasteiger partial charge in [-0.1, -0.05) is 23.7 Å². The highest BCUT2D eigenvalue weighted by atomic mass is 35.5. The molecule has 0 bridgehead atoms. The van der Waals surface area contributed by atoms with E-state index in [-0.39, 0.29) is 5.91 Å². The Kier molecular flexibility index (Phi) is 7.10. The van der Waals surface area contributed by atoms with Gasteiger partial charge in [-0.15, -0.1) is 0 Å². The minimum Gasteiger partial charge on any atom is -0.378 e. The van der Waals surface area contributed by atoms with Gasteiger partial charge >= 0.3 is 0 Å². The summed E-state index contributed by atoms with van der Waals surface area (Å²) in [4.78, 5) is 11.4. The van der Waals surface area contributed by atoms with Crippen LogP contribution in [0.2, 0.25) is 5.02 Å². The summed E-state index contributed by atoms with van der Waals surface area (Å²) in [6.45, 7) is 1.95. The molecule has 18 heavy (non-hydrogen) atoms. The lowest BCUT2D eigenvalue weighted by atomic mass is 10.2. The second-order valence-corrected chi connectivity index (χ2v) is 4.01. The Morgan fingerprint density at radius 1 is 1.33 bits per heavy atom. The van der Waals surface area contributed by atoms with Gasteiger partial charge in [0, 0.05) is 24.2 Å². The van der Waals surface area contributed by atoms with Crippen LogP contribution in [0.15, 0.2) is 30.3 Å². The number of nitrogens with two attached hydrogens (primary N) is 1. The van der Waals surface area contributed by atoms with E-state index < -0.39 is 0 Å². The topological polar surface area (TPSA) is 64.3 Å². The second-order valence-electron chi connectivity index (χ2n) is 3.58. The summed E-state index contributed by atoms with van der Waals surface area (Å²) in [5.41, 5.74) is 6.19. The van der Waals surface area contributed by atoms with Gasteiger partial charge < -0.3 is 15.8 Å². The average Bonchev–Trinajstić information content (AvgIpc) is 2.38. The number of benzene rings is 1. The molecule has 0 aliphatic rings. The number of amides is 1. The van der Waals surface area contributed by atoms with Crippen molar-refractivity contribution in [3.63, 3.8) is 0 Å². The summed E-state index contributed by atoms with van der Waals surface area (Å²) < 4.78 is 5.13. The van der Waals surface area contributed by atoms with E-state index in [0.29, 0.717) is 31.3 Å². The molecular formula is C13H17ClN2O2. The third kappa shape index (κ3) is 6.39. The van der Waals surface area contributed by atoms with Crippen molar-refractivity contribution in [3.8, 4) is 0 Å². The first-order chi connectivity index (χ1) is 8.72. The summed E-state index contributed by atoms with van der Waals surface area (Å²) in [5.74, 6) is -0.152. The van der Waals surface area contributed by atoms with Crippen LogP contribution in [0.25, 0.3) is 6.08 Å². The first-order valence-electron chi connectivity index (χ1n) is 5.71. The molecule has 0 radical (unpaired) electrons. The number of hydrogen-bond acceptors (Lipinski definition) is 3. The first-order valence-corrected chi connectivity index (χ1v) is 6.09. The number of carbonyl (C=O) groups excluding carboxylic acids is 1. The van der Waals surface area contributed by atoms with Gasteiger partial charge in [-0.05, 0) is 23.8 Å². The van der Waals surface area contributed by atoms with E-state index >= 15 is 0 Å². The van der Waals surface area contributed by atoms with E-state index in [1.807, 2.05) is 12.1 Å². The van der Waals surface area contributed by atoms with Crippen LogP contribution in [-0.4, -0.2) is 32.2 Å². The molecule has 5 heteroatoms. The molecule has 0 spiro atoms. The fraction of sp³-hybridized carbons (Fsp3) is 0.308. The molecule has 0 atom stereocenters. The molecule has 0 fully saturated rings. The van der Waals surface area contributed by atoms with Crippen LogP contribution in [-0.2, 0) is 9.53 Å². The van der Waals surface area contributed by atoms with Crippen LogP contribution in [0, 0.1) is 0 Å². The maximum absolute atomic E-state index is 11.4. The van der Waals surface area contributed by atoms with E-state index in [1.54, 1.807) is 18.2 Å². The first kappa shape index (κ1) is 14.7. The van der Waals surface area contributed by atoms with Gasteiger partial charge in [0.05, 0.1) is 13.2 Å². The maximum Gasteiger partial charge on any atom is 0.244 e. The zero-order chi connectivity index (χ0) is 13.2. The number of halogens is 1. The minimum absolute atomic E-state index is 0.152. The molecule has 4 nitrogen and oxygen atoms in total. The fourth-order valence-corrected chi connectivity index (χ4v) is 1.36. The molecule has 1 aromatic carbocycles. The number of rotatable bonds is 7. The van der Waals surface area contributed by atoms with Gasteiger partial charge in [0.2, 0.25) is 5.91 Å². The molecule has 1 aromatic rings. The van der Waals surface area contributed by atoms with Gasteiger partial charge in [-0.2, -0.15) is 0 Å². The lowest BCUT2D eigenvalue weighted by Crippen LogP contribution is -2.26. The molecule has 98 valence electrons. The Hall–Kier alpha value is -1.36. The summed E-state index contributed by atoms with van der Waals surface area (Å²) >= 11 is 5.76. The molecule has 0 aliphatic heterocycles. The highest BCUT2D eigenvalue weighted by Gasteiger charge is 1.94. The quantitative estimate of drug-likeness (QED) is 0.581. The Morgan fingerprint density at radius 3 is 2.72 bits per heavy atom. The van der Waals surface area contributed by atoms with Crippen molar-refractivity contribution in [1.82, 2.24) is 5.32 Å². The van der Waals surface area contributed by atoms with E-state index in [0.717, 1.165) is 5.56 Å². The second kappa shape index (κ2) is 8.69. The Bertz CT molecular complexity index is 390. The van der Waals surface area contributed by atoms with Crippen molar-refractivity contribution in [2.45, 2.75) is 0 Å². The van der Waals surface area contributed by atoms with Gasteiger partial charge in [0.25, 0.3) is 0 Å². The summed E-state index contributed by atoms with van der Waals surface area (Å²) in [6.07, 6.45) is 3.21. The van der Waals surface area contributed by atoms with Crippen molar-refractivity contribution in [2.24, 2.45) is 5.73 Å². The molecule has 3 N–H and O–H groups in total. The molecule has 1 amide bonds. The smallest absolute Gasteiger partial charge is 0.244 e. The summed E-state index contributed by atoms with van der Waals surface area (Å²) in [6, 6.07) is 7.24. The molecule has 0 saturated heterocycles. The Balaban J connectivity index is 2.25. The zero-order valence-corrected chi connectivity index (χ0v) is 10.8. The van der Waals surface area contributed by atoms with Crippen LogP contribution < -0.4 is 11.1 Å². The predicted molar refractivity (Wildman–Crippen MR) is 73.4 cm³/mol. The van der Waals surface area contributed by atoms with Crippen LogP contribution in [0.5, 0.6) is 0 Å². The van der Waals surface area contributed by atoms with Gasteiger partial charge in [-0.3, -0.25) is 4.79 Å². The number of nitrogens with one attached hydrogen (secondary N) is 1. The van der Waals surface area contributed by atoms with Crippen LogP contribution >= 0.6 is 11.6 Å². The number of hydrogen-bond donors (Lipinski definition) is 2. The monoisotopic (exact) mass is 268 g/mol. The maximum atomic E-state index is 11.4. The molecule has 0 aromatic heterocycles. The summed E-state index contributed by atoms with van der Waals surface area (Å²) in [7, 11) is 0. The molecule has 0 unspecified atom stereocenters. The number of carbonyl (C=O) groups is 1. The Labute approximate surface area is 112 Å². The van der Waals surface area contributed by atoms with Crippen molar-refractivity contribution < 1.29 is 9.53 Å². The molecule has 1 rings (SSSR count). The SMILES string of the molecule is NCCOCCNC(=O)/C=C/c1ccc(Cl)cc1. The predicted octanol–water partition coefficient (Wildman–Crippen LogP) is 1.44. The largest absolute Gasteiger partial charge is 0.378 e.